The van der Waals surface area contributed by atoms with Gasteiger partial charge in [0.05, 0.1) is 17.0 Å². The van der Waals surface area contributed by atoms with Gasteiger partial charge in [0.2, 0.25) is 0 Å². The highest BCUT2D eigenvalue weighted by Crippen LogP contribution is 2.29. The number of benzene rings is 1. The summed E-state index contributed by atoms with van der Waals surface area (Å²) in [5, 5.41) is 0.665. The number of nitrogens with zero attached hydrogens (tertiary/aromatic N) is 2. The van der Waals surface area contributed by atoms with E-state index >= 15 is 0 Å². The second-order valence-corrected chi connectivity index (χ2v) is 10.2. The molecule has 154 valence electrons. The summed E-state index contributed by atoms with van der Waals surface area (Å²) in [7, 11) is -3.16. The minimum absolute atomic E-state index is 0.0669. The molecule has 0 radical (unpaired) electrons. The van der Waals surface area contributed by atoms with Crippen molar-refractivity contribution in [3.05, 3.63) is 54.1 Å². The molecule has 0 N–H and O–H groups in total. The first-order valence-electron chi connectivity index (χ1n) is 9.10. The Bertz CT molecular complexity index is 1180. The van der Waals surface area contributed by atoms with Crippen molar-refractivity contribution < 1.29 is 22.3 Å². The molecule has 0 bridgehead atoms. The number of aromatic nitrogens is 2. The van der Waals surface area contributed by atoms with Crippen LogP contribution in [0.3, 0.4) is 0 Å². The molecule has 0 atom stereocenters. The molecule has 2 aromatic heterocycles. The fraction of sp³-hybridized carbons (Fsp3) is 0.333. The lowest BCUT2D eigenvalue weighted by molar-refractivity contribution is 0.0544. The topological polar surface area (TPSA) is 78.3 Å². The van der Waals surface area contributed by atoms with Gasteiger partial charge in [-0.1, -0.05) is 0 Å². The molecule has 0 aliphatic carbocycles. The molecule has 0 unspecified atom stereocenters. The number of sulfone groups is 1. The first-order chi connectivity index (χ1) is 13.4. The van der Waals surface area contributed by atoms with E-state index in [1.165, 1.54) is 16.7 Å². The Morgan fingerprint density at radius 2 is 1.93 bits per heavy atom. The van der Waals surface area contributed by atoms with E-state index in [1.807, 2.05) is 0 Å². The minimum Gasteiger partial charge on any atom is -0.443 e. The van der Waals surface area contributed by atoms with Gasteiger partial charge in [0.25, 0.3) is 0 Å². The maximum Gasteiger partial charge on any atom is 0.418 e. The molecular formula is C21H23FN2O4S. The predicted molar refractivity (Wildman–Crippen MR) is 110 cm³/mol. The molecular weight excluding hydrogens is 395 g/mol. The zero-order chi connectivity index (χ0) is 21.4. The highest BCUT2D eigenvalue weighted by atomic mass is 32.2. The van der Waals surface area contributed by atoms with Gasteiger partial charge in [-0.25, -0.2) is 17.6 Å². The Kier molecular flexibility index (Phi) is 5.49. The van der Waals surface area contributed by atoms with Crippen molar-refractivity contribution in [1.29, 1.82) is 0 Å². The zero-order valence-electron chi connectivity index (χ0n) is 16.8. The lowest BCUT2D eigenvalue weighted by Crippen LogP contribution is -2.26. The van der Waals surface area contributed by atoms with E-state index in [1.54, 1.807) is 51.4 Å². The largest absolute Gasteiger partial charge is 0.443 e. The summed E-state index contributed by atoms with van der Waals surface area (Å²) in [6, 6.07) is 7.80. The monoisotopic (exact) mass is 418 g/mol. The van der Waals surface area contributed by atoms with Crippen LogP contribution in [0.25, 0.3) is 22.2 Å². The van der Waals surface area contributed by atoms with Crippen LogP contribution < -0.4 is 0 Å². The summed E-state index contributed by atoms with van der Waals surface area (Å²) in [5.41, 5.74) is 1.54. The predicted octanol–water partition coefficient (Wildman–Crippen LogP) is 4.21. The van der Waals surface area contributed by atoms with Crippen LogP contribution in [0.1, 0.15) is 26.3 Å². The summed E-state index contributed by atoms with van der Waals surface area (Å²) >= 11 is 0. The van der Waals surface area contributed by atoms with E-state index in [4.69, 9.17) is 4.74 Å². The van der Waals surface area contributed by atoms with E-state index in [2.05, 4.69) is 4.98 Å². The van der Waals surface area contributed by atoms with Crippen molar-refractivity contribution >= 4 is 26.8 Å². The fourth-order valence-electron chi connectivity index (χ4n) is 3.00. The van der Waals surface area contributed by atoms with Gasteiger partial charge in [0.15, 0.2) is 0 Å². The number of ether oxygens (including phenoxy) is 1. The van der Waals surface area contributed by atoms with E-state index in [-0.39, 0.29) is 12.2 Å². The second kappa shape index (κ2) is 7.59. The third-order valence-electron chi connectivity index (χ3n) is 4.20. The van der Waals surface area contributed by atoms with Gasteiger partial charge >= 0.3 is 6.09 Å². The lowest BCUT2D eigenvalue weighted by Gasteiger charge is -2.19. The Hall–Kier alpha value is -2.74. The summed E-state index contributed by atoms with van der Waals surface area (Å²) < 4.78 is 43.9. The van der Waals surface area contributed by atoms with Crippen molar-refractivity contribution in [1.82, 2.24) is 9.55 Å². The highest BCUT2D eigenvalue weighted by Gasteiger charge is 2.20. The molecule has 0 saturated heterocycles. The minimum atomic E-state index is -3.16. The maximum atomic E-state index is 14.2. The number of aryl methyl sites for hydroxylation is 1. The van der Waals surface area contributed by atoms with Gasteiger partial charge in [-0.2, -0.15) is 0 Å². The second-order valence-electron chi connectivity index (χ2n) is 7.99. The van der Waals surface area contributed by atoms with Crippen molar-refractivity contribution in [3.8, 4) is 11.3 Å². The molecule has 8 heteroatoms. The number of hydrogen-bond donors (Lipinski definition) is 0. The standard InChI is InChI=1S/C21H23FN2O4S/c1-21(2,3)28-20(25)24-9-6-17-18(24)5-8-23-19(17)15-11-14(12-16(22)13-15)7-10-29(4,26)27/h5-6,8-9,11-13H,7,10H2,1-4H3. The van der Waals surface area contributed by atoms with Crippen LogP contribution in [0, 0.1) is 5.82 Å². The van der Waals surface area contributed by atoms with Crippen LogP contribution in [-0.4, -0.2) is 41.7 Å². The maximum absolute atomic E-state index is 14.2. The first kappa shape index (κ1) is 21.0. The number of pyridine rings is 1. The van der Waals surface area contributed by atoms with E-state index < -0.39 is 27.3 Å². The van der Waals surface area contributed by atoms with E-state index in [0.29, 0.717) is 27.7 Å². The zero-order valence-corrected chi connectivity index (χ0v) is 17.6. The van der Waals surface area contributed by atoms with Crippen LogP contribution in [0.15, 0.2) is 42.7 Å². The van der Waals surface area contributed by atoms with Crippen molar-refractivity contribution in [2.45, 2.75) is 32.8 Å². The highest BCUT2D eigenvalue weighted by molar-refractivity contribution is 7.90. The Morgan fingerprint density at radius 3 is 2.59 bits per heavy atom. The van der Waals surface area contributed by atoms with Crippen LogP contribution in [0.2, 0.25) is 0 Å². The number of hydrogen-bond acceptors (Lipinski definition) is 5. The molecule has 0 fully saturated rings. The van der Waals surface area contributed by atoms with Crippen LogP contribution in [-0.2, 0) is 21.0 Å². The van der Waals surface area contributed by atoms with E-state index in [9.17, 15) is 17.6 Å². The summed E-state index contributed by atoms with van der Waals surface area (Å²) in [5.74, 6) is -0.542. The van der Waals surface area contributed by atoms with Crippen molar-refractivity contribution in [3.63, 3.8) is 0 Å². The van der Waals surface area contributed by atoms with Crippen LogP contribution in [0.5, 0.6) is 0 Å². The molecule has 6 nitrogen and oxygen atoms in total. The Labute approximate surface area is 169 Å². The number of halogens is 1. The van der Waals surface area contributed by atoms with Crippen molar-refractivity contribution in [2.75, 3.05) is 12.0 Å². The fourth-order valence-corrected chi connectivity index (χ4v) is 3.61. The molecule has 3 rings (SSSR count). The summed E-state index contributed by atoms with van der Waals surface area (Å²) in [4.78, 5) is 16.8. The molecule has 3 aromatic rings. The molecule has 0 spiro atoms. The molecule has 0 saturated carbocycles. The van der Waals surface area contributed by atoms with Gasteiger partial charge < -0.3 is 4.74 Å². The SMILES string of the molecule is CC(C)(C)OC(=O)n1ccc2c(-c3cc(F)cc(CCS(C)(=O)=O)c3)nccc21. The Balaban J connectivity index is 2.03. The molecule has 0 aliphatic rings. The van der Waals surface area contributed by atoms with Gasteiger partial charge in [-0.15, -0.1) is 0 Å². The van der Waals surface area contributed by atoms with Crippen LogP contribution in [0.4, 0.5) is 9.18 Å². The Morgan fingerprint density at radius 1 is 1.21 bits per heavy atom. The number of carbonyl (C=O) groups excluding carboxylic acids is 1. The quantitative estimate of drug-likeness (QED) is 0.634. The number of fused-ring (bicyclic) bond motifs is 1. The molecule has 0 aliphatic heterocycles. The normalized spacial score (nSPS) is 12.3. The third-order valence-corrected chi connectivity index (χ3v) is 5.15. The van der Waals surface area contributed by atoms with Crippen molar-refractivity contribution in [2.24, 2.45) is 0 Å². The average molecular weight is 418 g/mol. The molecule has 2 heterocycles. The summed E-state index contributed by atoms with van der Waals surface area (Å²) in [6.07, 6.45) is 3.97. The third kappa shape index (κ3) is 5.20. The van der Waals surface area contributed by atoms with Gasteiger partial charge in [0, 0.05) is 29.6 Å². The smallest absolute Gasteiger partial charge is 0.418 e. The summed E-state index contributed by atoms with van der Waals surface area (Å²) in [6.45, 7) is 5.36. The lowest BCUT2D eigenvalue weighted by atomic mass is 10.0. The number of rotatable bonds is 4. The first-order valence-corrected chi connectivity index (χ1v) is 11.2. The number of carbonyl (C=O) groups is 1. The van der Waals surface area contributed by atoms with E-state index in [0.717, 1.165) is 6.26 Å². The molecule has 1 aromatic carbocycles. The molecule has 29 heavy (non-hydrogen) atoms. The average Bonchev–Trinajstić information content (AvgIpc) is 3.01. The van der Waals surface area contributed by atoms with Crippen LogP contribution >= 0.6 is 0 Å². The molecule has 0 amide bonds. The van der Waals surface area contributed by atoms with Gasteiger partial charge in [0.1, 0.15) is 21.3 Å². The van der Waals surface area contributed by atoms with Gasteiger partial charge in [-0.05, 0) is 63.1 Å². The van der Waals surface area contributed by atoms with Gasteiger partial charge in [-0.3, -0.25) is 9.55 Å².